The van der Waals surface area contributed by atoms with E-state index in [0.29, 0.717) is 17.0 Å². The van der Waals surface area contributed by atoms with Crippen LogP contribution >= 0.6 is 15.9 Å². The van der Waals surface area contributed by atoms with Gasteiger partial charge in [0.15, 0.2) is 5.82 Å². The molecule has 0 N–H and O–H groups in total. The maximum Gasteiger partial charge on any atom is 0.258 e. The van der Waals surface area contributed by atoms with Gasteiger partial charge in [-0.05, 0) is 12.1 Å². The lowest BCUT2D eigenvalue weighted by Crippen LogP contribution is -1.80. The van der Waals surface area contributed by atoms with Crippen LogP contribution in [0.3, 0.4) is 0 Å². The molecule has 2 aromatic rings. The molecule has 66 valence electrons. The molecule has 0 radical (unpaired) electrons. The first-order valence-electron chi connectivity index (χ1n) is 3.69. The Kier molecular flexibility index (Phi) is 2.35. The van der Waals surface area contributed by atoms with Crippen molar-refractivity contribution in [3.8, 4) is 11.5 Å². The fraction of sp³-hybridized carbons (Fsp3) is 0.125. The molecule has 4 nitrogen and oxygen atoms in total. The van der Waals surface area contributed by atoms with Gasteiger partial charge < -0.3 is 4.52 Å². The molecule has 5 heteroatoms. The lowest BCUT2D eigenvalue weighted by molar-refractivity contribution is 0.425. The largest absolute Gasteiger partial charge is 0.334 e. The molecular weight excluding hydrogens is 234 g/mol. The van der Waals surface area contributed by atoms with E-state index in [-0.39, 0.29) is 0 Å². The summed E-state index contributed by atoms with van der Waals surface area (Å²) >= 11 is 3.25. The molecule has 2 heterocycles. The molecule has 0 bridgehead atoms. The second-order valence-electron chi connectivity index (χ2n) is 2.39. The van der Waals surface area contributed by atoms with Gasteiger partial charge >= 0.3 is 0 Å². The summed E-state index contributed by atoms with van der Waals surface area (Å²) in [5, 5.41) is 4.36. The summed E-state index contributed by atoms with van der Waals surface area (Å²) in [6.45, 7) is 0. The van der Waals surface area contributed by atoms with E-state index in [1.54, 1.807) is 12.4 Å². The van der Waals surface area contributed by atoms with Crippen LogP contribution in [0.4, 0.5) is 0 Å². The highest BCUT2D eigenvalue weighted by Gasteiger charge is 2.06. The lowest BCUT2D eigenvalue weighted by Gasteiger charge is -1.89. The van der Waals surface area contributed by atoms with Gasteiger partial charge in [-0.15, -0.1) is 0 Å². The van der Waals surface area contributed by atoms with Gasteiger partial charge in [0.05, 0.1) is 5.33 Å². The quantitative estimate of drug-likeness (QED) is 0.753. The number of hydrogen-bond acceptors (Lipinski definition) is 4. The van der Waals surface area contributed by atoms with Gasteiger partial charge in [0.1, 0.15) is 0 Å². The average Bonchev–Trinajstić information content (AvgIpc) is 2.67. The fourth-order valence-electron chi connectivity index (χ4n) is 0.920. The third-order valence-corrected chi connectivity index (χ3v) is 2.02. The molecule has 0 amide bonds. The van der Waals surface area contributed by atoms with E-state index in [9.17, 15) is 0 Å². The summed E-state index contributed by atoms with van der Waals surface area (Å²) < 4.78 is 5.02. The van der Waals surface area contributed by atoms with Crippen molar-refractivity contribution in [2.75, 3.05) is 0 Å². The first-order valence-corrected chi connectivity index (χ1v) is 4.81. The topological polar surface area (TPSA) is 51.8 Å². The molecule has 0 saturated heterocycles. The van der Waals surface area contributed by atoms with Crippen LogP contribution in [0.1, 0.15) is 5.82 Å². The SMILES string of the molecule is BrCc1noc(-c2ccncc2)n1. The van der Waals surface area contributed by atoms with Crippen molar-refractivity contribution >= 4 is 15.9 Å². The molecular formula is C8H6BrN3O. The maximum atomic E-state index is 5.02. The normalized spacial score (nSPS) is 10.2. The zero-order chi connectivity index (χ0) is 9.10. The molecule has 0 aliphatic carbocycles. The van der Waals surface area contributed by atoms with Crippen molar-refractivity contribution in [3.05, 3.63) is 30.4 Å². The van der Waals surface area contributed by atoms with Crippen LogP contribution in [0, 0.1) is 0 Å². The van der Waals surface area contributed by atoms with Crippen molar-refractivity contribution in [3.63, 3.8) is 0 Å². The highest BCUT2D eigenvalue weighted by atomic mass is 79.9. The van der Waals surface area contributed by atoms with Crippen LogP contribution in [-0.4, -0.2) is 15.1 Å². The van der Waals surface area contributed by atoms with Crippen LogP contribution in [-0.2, 0) is 5.33 Å². The third-order valence-electron chi connectivity index (χ3n) is 1.51. The van der Waals surface area contributed by atoms with Crippen LogP contribution < -0.4 is 0 Å². The van der Waals surface area contributed by atoms with Crippen molar-refractivity contribution in [2.45, 2.75) is 5.33 Å². The Balaban J connectivity index is 2.36. The molecule has 0 fully saturated rings. The molecule has 0 unspecified atom stereocenters. The number of aromatic nitrogens is 3. The van der Waals surface area contributed by atoms with Crippen molar-refractivity contribution in [1.29, 1.82) is 0 Å². The molecule has 0 spiro atoms. The van der Waals surface area contributed by atoms with Gasteiger partial charge in [-0.1, -0.05) is 21.1 Å². The first kappa shape index (κ1) is 8.37. The molecule has 0 aromatic carbocycles. The van der Waals surface area contributed by atoms with Crippen molar-refractivity contribution in [2.24, 2.45) is 0 Å². The highest BCUT2D eigenvalue weighted by Crippen LogP contribution is 2.15. The summed E-state index contributed by atoms with van der Waals surface area (Å²) in [5.74, 6) is 1.17. The zero-order valence-electron chi connectivity index (χ0n) is 6.64. The van der Waals surface area contributed by atoms with E-state index in [1.807, 2.05) is 12.1 Å². The summed E-state index contributed by atoms with van der Waals surface area (Å²) in [5.41, 5.74) is 0.884. The standard InChI is InChI=1S/C8H6BrN3O/c9-5-7-11-8(13-12-7)6-1-3-10-4-2-6/h1-4H,5H2. The minimum Gasteiger partial charge on any atom is -0.334 e. The predicted molar refractivity (Wildman–Crippen MR) is 50.2 cm³/mol. The van der Waals surface area contributed by atoms with E-state index in [1.165, 1.54) is 0 Å². The summed E-state index contributed by atoms with van der Waals surface area (Å²) in [7, 11) is 0. The van der Waals surface area contributed by atoms with Gasteiger partial charge in [-0.25, -0.2) is 0 Å². The van der Waals surface area contributed by atoms with E-state index < -0.39 is 0 Å². The molecule has 13 heavy (non-hydrogen) atoms. The van der Waals surface area contributed by atoms with Crippen LogP contribution in [0.2, 0.25) is 0 Å². The van der Waals surface area contributed by atoms with Crippen molar-refractivity contribution < 1.29 is 4.52 Å². The Morgan fingerprint density at radius 2 is 2.08 bits per heavy atom. The highest BCUT2D eigenvalue weighted by molar-refractivity contribution is 9.08. The van der Waals surface area contributed by atoms with Gasteiger partial charge in [0, 0.05) is 18.0 Å². The number of hydrogen-bond donors (Lipinski definition) is 0. The molecule has 0 saturated carbocycles. The Morgan fingerprint density at radius 1 is 1.31 bits per heavy atom. The predicted octanol–water partition coefficient (Wildman–Crippen LogP) is 2.03. The number of alkyl halides is 1. The summed E-state index contributed by atoms with van der Waals surface area (Å²) in [4.78, 5) is 8.05. The molecule has 2 aromatic heterocycles. The second-order valence-corrected chi connectivity index (χ2v) is 2.95. The smallest absolute Gasteiger partial charge is 0.258 e. The summed E-state index contributed by atoms with van der Waals surface area (Å²) in [6, 6.07) is 3.65. The maximum absolute atomic E-state index is 5.02. The Morgan fingerprint density at radius 3 is 2.69 bits per heavy atom. The number of rotatable bonds is 2. The minimum atomic E-state index is 0.525. The van der Waals surface area contributed by atoms with Crippen molar-refractivity contribution in [1.82, 2.24) is 15.1 Å². The molecule has 0 aliphatic heterocycles. The third kappa shape index (κ3) is 1.75. The Bertz CT molecular complexity index is 387. The first-order chi connectivity index (χ1) is 6.40. The molecule has 0 atom stereocenters. The minimum absolute atomic E-state index is 0.525. The molecule has 2 rings (SSSR count). The summed E-state index contributed by atoms with van der Waals surface area (Å²) in [6.07, 6.45) is 3.38. The van der Waals surface area contributed by atoms with Gasteiger partial charge in [-0.3, -0.25) is 4.98 Å². The van der Waals surface area contributed by atoms with Crippen LogP contribution in [0.25, 0.3) is 11.5 Å². The van der Waals surface area contributed by atoms with Gasteiger partial charge in [0.2, 0.25) is 0 Å². The van der Waals surface area contributed by atoms with Crippen LogP contribution in [0.5, 0.6) is 0 Å². The average molecular weight is 240 g/mol. The Labute approximate surface area is 83.1 Å². The lowest BCUT2D eigenvalue weighted by atomic mass is 10.3. The Hall–Kier alpha value is -1.23. The second kappa shape index (κ2) is 3.66. The zero-order valence-corrected chi connectivity index (χ0v) is 8.23. The van der Waals surface area contributed by atoms with Gasteiger partial charge in [0.25, 0.3) is 5.89 Å². The van der Waals surface area contributed by atoms with E-state index in [4.69, 9.17) is 4.52 Å². The van der Waals surface area contributed by atoms with E-state index in [0.717, 1.165) is 5.56 Å². The van der Waals surface area contributed by atoms with E-state index >= 15 is 0 Å². The number of halogens is 1. The van der Waals surface area contributed by atoms with E-state index in [2.05, 4.69) is 31.1 Å². The number of nitrogens with zero attached hydrogens (tertiary/aromatic N) is 3. The monoisotopic (exact) mass is 239 g/mol. The fourth-order valence-corrected chi connectivity index (χ4v) is 1.15. The van der Waals surface area contributed by atoms with Gasteiger partial charge in [-0.2, -0.15) is 4.98 Å². The van der Waals surface area contributed by atoms with Crippen LogP contribution in [0.15, 0.2) is 29.0 Å². The molecule has 0 aliphatic rings. The number of pyridine rings is 1.